The highest BCUT2D eigenvalue weighted by Gasteiger charge is 2.51. The van der Waals surface area contributed by atoms with Crippen LogP contribution in [0.5, 0.6) is 0 Å². The summed E-state index contributed by atoms with van der Waals surface area (Å²) in [6.45, 7) is 7.67. The Balaban J connectivity index is 1.40. The van der Waals surface area contributed by atoms with Crippen molar-refractivity contribution in [1.29, 1.82) is 0 Å². The molecular formula is C35H49N3O4S. The van der Waals surface area contributed by atoms with Gasteiger partial charge in [-0.1, -0.05) is 55.8 Å². The van der Waals surface area contributed by atoms with E-state index in [4.69, 9.17) is 0 Å². The van der Waals surface area contributed by atoms with Gasteiger partial charge in [-0.2, -0.15) is 0 Å². The van der Waals surface area contributed by atoms with Gasteiger partial charge in [-0.05, 0) is 112 Å². The van der Waals surface area contributed by atoms with Crippen LogP contribution in [0.2, 0.25) is 0 Å². The van der Waals surface area contributed by atoms with Crippen molar-refractivity contribution in [2.45, 2.75) is 103 Å². The minimum Gasteiger partial charge on any atom is -0.352 e. The third-order valence-corrected chi connectivity index (χ3v) is 11.5. The van der Waals surface area contributed by atoms with Gasteiger partial charge in [0.15, 0.2) is 0 Å². The average molecular weight is 608 g/mol. The number of hydrogen-bond donors (Lipinski definition) is 1. The number of carbonyl (C=O) groups is 2. The normalized spacial score (nSPS) is 25.7. The molecule has 4 aliphatic rings. The SMILES string of the molecule is CC[C@@H](C)NC(=O)[C@@H](CC)N(Cc1ccc(C)cc1)C(=O)CN(c1ccc(C23CC4CC(CC(C4)C2)C3)cc1)S(C)(=O)=O. The number of aryl methyl sites for hydroxylation is 1. The second kappa shape index (κ2) is 12.6. The summed E-state index contributed by atoms with van der Waals surface area (Å²) in [6.07, 6.45) is 10.1. The highest BCUT2D eigenvalue weighted by molar-refractivity contribution is 7.92. The standard InChI is InChI=1S/C35H49N3O4S/c1-6-25(4)36-34(40)32(7-2)37(22-26-10-8-24(3)9-11-26)33(39)23-38(43(5,41)42)31-14-12-30(13-15-31)35-19-27-16-28(20-35)18-29(17-27)21-35/h8-15,25,27-29,32H,6-7,16-23H2,1-5H3,(H,36,40)/t25-,27?,28?,29?,32-,35?/m1/s1. The molecule has 6 rings (SSSR count). The molecule has 0 unspecified atom stereocenters. The molecule has 1 N–H and O–H groups in total. The molecular weight excluding hydrogens is 558 g/mol. The maximum absolute atomic E-state index is 14.0. The molecule has 4 bridgehead atoms. The van der Waals surface area contributed by atoms with Crippen LogP contribution >= 0.6 is 0 Å². The Labute approximate surface area is 258 Å². The number of rotatable bonds is 12. The molecule has 2 atom stereocenters. The second-order valence-electron chi connectivity index (χ2n) is 13.8. The van der Waals surface area contributed by atoms with Gasteiger partial charge in [-0.15, -0.1) is 0 Å². The molecule has 4 fully saturated rings. The Hall–Kier alpha value is -2.87. The van der Waals surface area contributed by atoms with Gasteiger partial charge < -0.3 is 10.2 Å². The highest BCUT2D eigenvalue weighted by atomic mass is 32.2. The first-order valence-corrected chi connectivity index (χ1v) is 18.0. The third-order valence-electron chi connectivity index (χ3n) is 10.3. The molecule has 2 amide bonds. The van der Waals surface area contributed by atoms with Gasteiger partial charge in [-0.25, -0.2) is 8.42 Å². The van der Waals surface area contributed by atoms with E-state index in [-0.39, 0.29) is 30.5 Å². The fourth-order valence-electron chi connectivity index (χ4n) is 8.31. The summed E-state index contributed by atoms with van der Waals surface area (Å²) in [5, 5.41) is 3.02. The maximum atomic E-state index is 14.0. The Morgan fingerprint density at radius 1 is 0.907 bits per heavy atom. The van der Waals surface area contributed by atoms with Crippen molar-refractivity contribution in [3.8, 4) is 0 Å². The average Bonchev–Trinajstić information content (AvgIpc) is 2.95. The van der Waals surface area contributed by atoms with E-state index >= 15 is 0 Å². The lowest BCUT2D eigenvalue weighted by Gasteiger charge is -2.57. The minimum absolute atomic E-state index is 0.0297. The van der Waals surface area contributed by atoms with E-state index in [0.29, 0.717) is 12.1 Å². The van der Waals surface area contributed by atoms with Gasteiger partial charge in [0.1, 0.15) is 12.6 Å². The lowest BCUT2D eigenvalue weighted by atomic mass is 9.48. The minimum atomic E-state index is -3.77. The van der Waals surface area contributed by atoms with E-state index < -0.39 is 22.0 Å². The summed E-state index contributed by atoms with van der Waals surface area (Å²) in [7, 11) is -3.77. The number of sulfonamides is 1. The summed E-state index contributed by atoms with van der Waals surface area (Å²) in [4.78, 5) is 28.9. The second-order valence-corrected chi connectivity index (χ2v) is 15.7. The van der Waals surface area contributed by atoms with E-state index in [9.17, 15) is 18.0 Å². The lowest BCUT2D eigenvalue weighted by Crippen LogP contribution is -2.53. The van der Waals surface area contributed by atoms with Gasteiger partial charge in [0.2, 0.25) is 21.8 Å². The molecule has 2 aromatic rings. The maximum Gasteiger partial charge on any atom is 0.244 e. The van der Waals surface area contributed by atoms with Crippen molar-refractivity contribution < 1.29 is 18.0 Å². The van der Waals surface area contributed by atoms with Crippen LogP contribution in [0.25, 0.3) is 0 Å². The monoisotopic (exact) mass is 607 g/mol. The van der Waals surface area contributed by atoms with E-state index in [1.165, 1.54) is 48.4 Å². The first-order valence-electron chi connectivity index (χ1n) is 16.1. The number of nitrogens with one attached hydrogen (secondary N) is 1. The van der Waals surface area contributed by atoms with Gasteiger partial charge in [0, 0.05) is 12.6 Å². The molecule has 234 valence electrons. The highest BCUT2D eigenvalue weighted by Crippen LogP contribution is 2.60. The topological polar surface area (TPSA) is 86.8 Å². The van der Waals surface area contributed by atoms with Gasteiger partial charge in [0.25, 0.3) is 0 Å². The Bertz CT molecular complexity index is 1370. The smallest absolute Gasteiger partial charge is 0.244 e. The van der Waals surface area contributed by atoms with Crippen LogP contribution in [-0.2, 0) is 31.6 Å². The number of hydrogen-bond acceptors (Lipinski definition) is 4. The van der Waals surface area contributed by atoms with Crippen LogP contribution in [0, 0.1) is 24.7 Å². The summed E-state index contributed by atoms with van der Waals surface area (Å²) >= 11 is 0. The molecule has 2 aromatic carbocycles. The lowest BCUT2D eigenvalue weighted by molar-refractivity contribution is -0.140. The van der Waals surface area contributed by atoms with Crippen LogP contribution in [-0.4, -0.2) is 50.0 Å². The molecule has 0 saturated heterocycles. The zero-order chi connectivity index (χ0) is 30.9. The molecule has 0 aliphatic heterocycles. The predicted octanol–water partition coefficient (Wildman–Crippen LogP) is 5.95. The van der Waals surface area contributed by atoms with Crippen LogP contribution in [0.4, 0.5) is 5.69 Å². The largest absolute Gasteiger partial charge is 0.352 e. The number of anilines is 1. The molecule has 0 heterocycles. The molecule has 0 spiro atoms. The van der Waals surface area contributed by atoms with Crippen molar-refractivity contribution in [3.05, 3.63) is 65.2 Å². The molecule has 0 radical (unpaired) electrons. The fourth-order valence-corrected chi connectivity index (χ4v) is 9.16. The van der Waals surface area contributed by atoms with Crippen molar-refractivity contribution in [2.75, 3.05) is 17.1 Å². The number of carbonyl (C=O) groups excluding carboxylic acids is 2. The first-order chi connectivity index (χ1) is 20.4. The van der Waals surface area contributed by atoms with Crippen LogP contribution < -0.4 is 9.62 Å². The van der Waals surface area contributed by atoms with Crippen LogP contribution in [0.15, 0.2) is 48.5 Å². The molecule has 0 aromatic heterocycles. The summed E-state index contributed by atoms with van der Waals surface area (Å²) in [6, 6.07) is 15.1. The Morgan fingerprint density at radius 3 is 1.95 bits per heavy atom. The Kier molecular flexibility index (Phi) is 9.26. The van der Waals surface area contributed by atoms with Gasteiger partial charge in [-0.3, -0.25) is 13.9 Å². The van der Waals surface area contributed by atoms with E-state index in [2.05, 4.69) is 17.4 Å². The van der Waals surface area contributed by atoms with E-state index in [1.807, 2.05) is 64.1 Å². The summed E-state index contributed by atoms with van der Waals surface area (Å²) in [5.74, 6) is 1.84. The number of benzene rings is 2. The fraction of sp³-hybridized carbons (Fsp3) is 0.600. The predicted molar refractivity (Wildman–Crippen MR) is 172 cm³/mol. The molecule has 43 heavy (non-hydrogen) atoms. The third kappa shape index (κ3) is 6.95. The van der Waals surface area contributed by atoms with Crippen LogP contribution in [0.1, 0.15) is 88.8 Å². The summed E-state index contributed by atoms with van der Waals surface area (Å²) in [5.41, 5.74) is 3.99. The zero-order valence-electron chi connectivity index (χ0n) is 26.5. The van der Waals surface area contributed by atoms with Gasteiger partial charge >= 0.3 is 0 Å². The molecule has 7 nitrogen and oxygen atoms in total. The number of nitrogens with zero attached hydrogens (tertiary/aromatic N) is 2. The van der Waals surface area contributed by atoms with Crippen molar-refractivity contribution >= 4 is 27.5 Å². The first kappa shape index (κ1) is 31.6. The van der Waals surface area contributed by atoms with Crippen molar-refractivity contribution in [3.63, 3.8) is 0 Å². The molecule has 4 aliphatic carbocycles. The number of amides is 2. The quantitative estimate of drug-likeness (QED) is 0.323. The summed E-state index contributed by atoms with van der Waals surface area (Å²) < 4.78 is 27.4. The van der Waals surface area contributed by atoms with Gasteiger partial charge in [0.05, 0.1) is 11.9 Å². The Morgan fingerprint density at radius 2 is 1.47 bits per heavy atom. The zero-order valence-corrected chi connectivity index (χ0v) is 27.3. The molecule has 4 saturated carbocycles. The van der Waals surface area contributed by atoms with Crippen molar-refractivity contribution in [2.24, 2.45) is 17.8 Å². The van der Waals surface area contributed by atoms with E-state index in [0.717, 1.165) is 41.6 Å². The van der Waals surface area contributed by atoms with Crippen molar-refractivity contribution in [1.82, 2.24) is 10.2 Å². The van der Waals surface area contributed by atoms with E-state index in [1.54, 1.807) is 4.90 Å². The molecule has 8 heteroatoms. The van der Waals surface area contributed by atoms with Crippen LogP contribution in [0.3, 0.4) is 0 Å².